The number of H-pyrrole nitrogens is 1. The molecule has 2 aromatic rings. The van der Waals surface area contributed by atoms with E-state index in [1.807, 2.05) is 30.3 Å². The van der Waals surface area contributed by atoms with Crippen molar-refractivity contribution in [1.29, 1.82) is 0 Å². The zero-order valence-corrected chi connectivity index (χ0v) is 11.1. The number of hydrogen-bond donors (Lipinski definition) is 2. The summed E-state index contributed by atoms with van der Waals surface area (Å²) in [5.41, 5.74) is 0.761. The van der Waals surface area contributed by atoms with Crippen LogP contribution in [0.2, 0.25) is 0 Å². The monoisotopic (exact) mass is 274 g/mol. The lowest BCUT2D eigenvalue weighted by molar-refractivity contribution is -0.115. The number of aromatic amines is 1. The Bertz CT molecular complexity index is 630. The highest BCUT2D eigenvalue weighted by molar-refractivity contribution is 7.71. The number of nitrogens with one attached hydrogen (secondary N) is 2. The molecule has 0 unspecified atom stereocenters. The van der Waals surface area contributed by atoms with Crippen molar-refractivity contribution in [3.8, 4) is 0 Å². The first kappa shape index (κ1) is 13.2. The van der Waals surface area contributed by atoms with Crippen LogP contribution in [0.3, 0.4) is 0 Å². The topological polar surface area (TPSA) is 62.7 Å². The van der Waals surface area contributed by atoms with Crippen LogP contribution in [0, 0.1) is 4.77 Å². The van der Waals surface area contributed by atoms with Crippen LogP contribution in [0.1, 0.15) is 5.82 Å². The number of carbonyl (C=O) groups is 1. The van der Waals surface area contributed by atoms with Crippen molar-refractivity contribution in [3.63, 3.8) is 0 Å². The van der Waals surface area contributed by atoms with E-state index in [2.05, 4.69) is 22.1 Å². The Morgan fingerprint density at radius 3 is 2.89 bits per heavy atom. The average molecular weight is 274 g/mol. The zero-order valence-electron chi connectivity index (χ0n) is 10.3. The Hall–Kier alpha value is -2.21. The van der Waals surface area contributed by atoms with Gasteiger partial charge in [0, 0.05) is 12.2 Å². The van der Waals surface area contributed by atoms with E-state index in [0.29, 0.717) is 17.1 Å². The number of para-hydroxylation sites is 1. The highest BCUT2D eigenvalue weighted by Crippen LogP contribution is 2.06. The molecule has 0 atom stereocenters. The molecule has 1 amide bonds. The maximum Gasteiger partial charge on any atom is 0.232 e. The molecule has 0 aliphatic heterocycles. The molecule has 0 aliphatic rings. The van der Waals surface area contributed by atoms with Crippen molar-refractivity contribution in [2.24, 2.45) is 0 Å². The molecule has 2 rings (SSSR count). The minimum atomic E-state index is -0.134. The Morgan fingerprint density at radius 1 is 1.47 bits per heavy atom. The van der Waals surface area contributed by atoms with E-state index in [-0.39, 0.29) is 12.3 Å². The molecule has 19 heavy (non-hydrogen) atoms. The van der Waals surface area contributed by atoms with Gasteiger partial charge in [-0.2, -0.15) is 5.10 Å². The van der Waals surface area contributed by atoms with E-state index in [4.69, 9.17) is 12.2 Å². The highest BCUT2D eigenvalue weighted by atomic mass is 32.1. The molecular formula is C13H14N4OS. The van der Waals surface area contributed by atoms with Gasteiger partial charge in [-0.3, -0.25) is 14.5 Å². The van der Waals surface area contributed by atoms with Crippen molar-refractivity contribution in [1.82, 2.24) is 14.8 Å². The molecular weight excluding hydrogens is 260 g/mol. The lowest BCUT2D eigenvalue weighted by Crippen LogP contribution is -2.17. The largest absolute Gasteiger partial charge is 0.326 e. The third-order valence-corrected chi connectivity index (χ3v) is 2.84. The first-order valence-electron chi connectivity index (χ1n) is 5.80. The Labute approximate surface area is 116 Å². The average Bonchev–Trinajstić information content (AvgIpc) is 2.73. The quantitative estimate of drug-likeness (QED) is 0.649. The maximum absolute atomic E-state index is 11.9. The fourth-order valence-corrected chi connectivity index (χ4v) is 1.90. The number of allylic oxidation sites excluding steroid dienone is 1. The number of benzene rings is 1. The van der Waals surface area contributed by atoms with Crippen LogP contribution in [0.15, 0.2) is 43.0 Å². The van der Waals surface area contributed by atoms with Crippen LogP contribution < -0.4 is 5.32 Å². The zero-order chi connectivity index (χ0) is 13.7. The van der Waals surface area contributed by atoms with Gasteiger partial charge in [-0.1, -0.05) is 24.3 Å². The minimum absolute atomic E-state index is 0.134. The molecule has 1 aromatic heterocycles. The smallest absolute Gasteiger partial charge is 0.232 e. The molecule has 0 saturated carbocycles. The summed E-state index contributed by atoms with van der Waals surface area (Å²) in [6.07, 6.45) is 1.87. The number of aromatic nitrogens is 3. The van der Waals surface area contributed by atoms with Gasteiger partial charge in [0.2, 0.25) is 5.91 Å². The minimum Gasteiger partial charge on any atom is -0.326 e. The Kier molecular flexibility index (Phi) is 4.25. The van der Waals surface area contributed by atoms with Gasteiger partial charge in [0.25, 0.3) is 0 Å². The van der Waals surface area contributed by atoms with E-state index in [9.17, 15) is 4.79 Å². The SMILES string of the molecule is C=CCn1c(CC(=O)Nc2ccccc2)n[nH]c1=S. The number of anilines is 1. The van der Waals surface area contributed by atoms with Crippen LogP contribution in [-0.4, -0.2) is 20.7 Å². The maximum atomic E-state index is 11.9. The van der Waals surface area contributed by atoms with Gasteiger partial charge < -0.3 is 5.32 Å². The lowest BCUT2D eigenvalue weighted by Gasteiger charge is -2.05. The molecule has 1 aromatic carbocycles. The van der Waals surface area contributed by atoms with Gasteiger partial charge in [0.05, 0.1) is 6.42 Å². The fraction of sp³-hybridized carbons (Fsp3) is 0.154. The molecule has 98 valence electrons. The standard InChI is InChI=1S/C13H14N4OS/c1-2-8-17-11(15-16-13(17)19)9-12(18)14-10-6-4-3-5-7-10/h2-7H,1,8-9H2,(H,14,18)(H,16,19). The van der Waals surface area contributed by atoms with Crippen LogP contribution >= 0.6 is 12.2 Å². The Balaban J connectivity index is 2.07. The molecule has 1 heterocycles. The van der Waals surface area contributed by atoms with Crippen molar-refractivity contribution in [3.05, 3.63) is 53.6 Å². The number of amides is 1. The van der Waals surface area contributed by atoms with Crippen molar-refractivity contribution in [2.45, 2.75) is 13.0 Å². The molecule has 0 saturated heterocycles. The first-order valence-corrected chi connectivity index (χ1v) is 6.21. The van der Waals surface area contributed by atoms with Gasteiger partial charge in [0.1, 0.15) is 5.82 Å². The van der Waals surface area contributed by atoms with Gasteiger partial charge in [0.15, 0.2) is 4.77 Å². The second-order valence-electron chi connectivity index (χ2n) is 3.94. The van der Waals surface area contributed by atoms with Gasteiger partial charge >= 0.3 is 0 Å². The summed E-state index contributed by atoms with van der Waals surface area (Å²) in [6, 6.07) is 9.29. The molecule has 2 N–H and O–H groups in total. The molecule has 0 fully saturated rings. The highest BCUT2D eigenvalue weighted by Gasteiger charge is 2.10. The lowest BCUT2D eigenvalue weighted by atomic mass is 10.3. The van der Waals surface area contributed by atoms with Crippen LogP contribution in [0.5, 0.6) is 0 Å². The third kappa shape index (κ3) is 3.38. The predicted octanol–water partition coefficient (Wildman–Crippen LogP) is 2.31. The van der Waals surface area contributed by atoms with Crippen LogP contribution in [-0.2, 0) is 17.8 Å². The summed E-state index contributed by atoms with van der Waals surface area (Å²) in [5.74, 6) is 0.462. The molecule has 0 bridgehead atoms. The molecule has 0 spiro atoms. The normalized spacial score (nSPS) is 10.1. The summed E-state index contributed by atoms with van der Waals surface area (Å²) < 4.78 is 2.23. The van der Waals surface area contributed by atoms with Crippen molar-refractivity contribution in [2.75, 3.05) is 5.32 Å². The van der Waals surface area contributed by atoms with Crippen LogP contribution in [0.4, 0.5) is 5.69 Å². The second-order valence-corrected chi connectivity index (χ2v) is 4.32. The second kappa shape index (κ2) is 6.10. The summed E-state index contributed by atoms with van der Waals surface area (Å²) in [6.45, 7) is 4.19. The number of nitrogens with zero attached hydrogens (tertiary/aromatic N) is 2. The number of rotatable bonds is 5. The summed E-state index contributed by atoms with van der Waals surface area (Å²) >= 11 is 5.09. The number of hydrogen-bond acceptors (Lipinski definition) is 3. The van der Waals surface area contributed by atoms with Gasteiger partial charge in [-0.05, 0) is 24.4 Å². The van der Waals surface area contributed by atoms with E-state index in [1.165, 1.54) is 0 Å². The van der Waals surface area contributed by atoms with E-state index < -0.39 is 0 Å². The summed E-state index contributed by atoms with van der Waals surface area (Å²) in [5, 5.41) is 9.54. The van der Waals surface area contributed by atoms with Crippen molar-refractivity contribution >= 4 is 23.8 Å². The first-order chi connectivity index (χ1) is 9.20. The summed E-state index contributed by atoms with van der Waals surface area (Å²) in [4.78, 5) is 11.9. The van der Waals surface area contributed by atoms with Gasteiger partial charge in [-0.15, -0.1) is 6.58 Å². The van der Waals surface area contributed by atoms with Crippen molar-refractivity contribution < 1.29 is 4.79 Å². The molecule has 6 heteroatoms. The van der Waals surface area contributed by atoms with E-state index in [0.717, 1.165) is 5.69 Å². The third-order valence-electron chi connectivity index (χ3n) is 2.53. The molecule has 0 aliphatic carbocycles. The predicted molar refractivity (Wildman–Crippen MR) is 76.4 cm³/mol. The molecule has 5 nitrogen and oxygen atoms in total. The summed E-state index contributed by atoms with van der Waals surface area (Å²) in [7, 11) is 0. The Morgan fingerprint density at radius 2 is 2.21 bits per heavy atom. The van der Waals surface area contributed by atoms with E-state index in [1.54, 1.807) is 10.6 Å². The van der Waals surface area contributed by atoms with Crippen LogP contribution in [0.25, 0.3) is 0 Å². The molecule has 0 radical (unpaired) electrons. The fourth-order valence-electron chi connectivity index (χ4n) is 1.67. The number of carbonyl (C=O) groups excluding carboxylic acids is 1. The van der Waals surface area contributed by atoms with E-state index >= 15 is 0 Å². The van der Waals surface area contributed by atoms with Gasteiger partial charge in [-0.25, -0.2) is 0 Å².